The van der Waals surface area contributed by atoms with E-state index < -0.39 is 11.4 Å². The molecule has 0 atom stereocenters. The summed E-state index contributed by atoms with van der Waals surface area (Å²) in [6, 6.07) is 8.08. The van der Waals surface area contributed by atoms with Crippen LogP contribution in [0.4, 0.5) is 0 Å². The van der Waals surface area contributed by atoms with Gasteiger partial charge in [0, 0.05) is 14.7 Å². The molecule has 20 heavy (non-hydrogen) atoms. The zero-order valence-corrected chi connectivity index (χ0v) is 14.3. The number of hydrogen-bond acceptors (Lipinski definition) is 4. The molecule has 2 aromatic rings. The third-order valence-electron chi connectivity index (χ3n) is 2.89. The molecular formula is C14H14BrNO2S2. The van der Waals surface area contributed by atoms with Crippen molar-refractivity contribution in [2.45, 2.75) is 29.9 Å². The highest BCUT2D eigenvalue weighted by Gasteiger charge is 2.31. The summed E-state index contributed by atoms with van der Waals surface area (Å²) in [7, 11) is 0. The number of hydrogen-bond donors (Lipinski definition) is 1. The van der Waals surface area contributed by atoms with E-state index >= 15 is 0 Å². The summed E-state index contributed by atoms with van der Waals surface area (Å²) in [4.78, 5) is 16.8. The van der Waals surface area contributed by atoms with Gasteiger partial charge in [-0.3, -0.25) is 4.79 Å². The number of aromatic nitrogens is 1. The second-order valence-electron chi connectivity index (χ2n) is 4.80. The molecule has 6 heteroatoms. The maximum Gasteiger partial charge on any atom is 0.315 e. The maximum absolute atomic E-state index is 11.2. The van der Waals surface area contributed by atoms with E-state index in [1.54, 1.807) is 25.6 Å². The van der Waals surface area contributed by atoms with Gasteiger partial charge in [-0.15, -0.1) is 23.1 Å². The molecular weight excluding hydrogens is 358 g/mol. The smallest absolute Gasteiger partial charge is 0.315 e. The van der Waals surface area contributed by atoms with Crippen LogP contribution in [-0.4, -0.2) is 16.1 Å². The van der Waals surface area contributed by atoms with E-state index in [2.05, 4.69) is 27.0 Å². The van der Waals surface area contributed by atoms with Gasteiger partial charge in [-0.25, -0.2) is 4.98 Å². The molecule has 1 heterocycles. The standard InChI is InChI=1S/C14H14BrNO2S2/c1-14(2,13(17)18)11-7-20-12(16-11)8-19-10-5-3-4-9(15)6-10/h3-7H,8H2,1-2H3,(H,17,18). The Bertz CT molecular complexity index is 625. The topological polar surface area (TPSA) is 50.2 Å². The molecule has 1 N–H and O–H groups in total. The summed E-state index contributed by atoms with van der Waals surface area (Å²) in [5.41, 5.74) is -0.310. The van der Waals surface area contributed by atoms with Crippen molar-refractivity contribution < 1.29 is 9.90 Å². The highest BCUT2D eigenvalue weighted by Crippen LogP contribution is 2.29. The highest BCUT2D eigenvalue weighted by atomic mass is 79.9. The van der Waals surface area contributed by atoms with Crippen molar-refractivity contribution in [3.8, 4) is 0 Å². The molecule has 0 saturated carbocycles. The zero-order chi connectivity index (χ0) is 14.8. The van der Waals surface area contributed by atoms with Gasteiger partial charge >= 0.3 is 5.97 Å². The Morgan fingerprint density at radius 3 is 2.90 bits per heavy atom. The Labute approximate surface area is 134 Å². The second-order valence-corrected chi connectivity index (χ2v) is 7.71. The van der Waals surface area contributed by atoms with Gasteiger partial charge < -0.3 is 5.11 Å². The predicted octanol–water partition coefficient (Wildman–Crippen LogP) is 4.56. The van der Waals surface area contributed by atoms with Crippen molar-refractivity contribution in [3.63, 3.8) is 0 Å². The summed E-state index contributed by atoms with van der Waals surface area (Å²) in [5.74, 6) is -0.106. The van der Waals surface area contributed by atoms with Crippen molar-refractivity contribution in [1.29, 1.82) is 0 Å². The van der Waals surface area contributed by atoms with Crippen LogP contribution in [0.3, 0.4) is 0 Å². The molecule has 3 nitrogen and oxygen atoms in total. The van der Waals surface area contributed by atoms with Gasteiger partial charge in [0.1, 0.15) is 10.4 Å². The normalized spacial score (nSPS) is 11.6. The number of rotatable bonds is 5. The Kier molecular flexibility index (Phi) is 4.88. The van der Waals surface area contributed by atoms with E-state index in [1.807, 2.05) is 23.6 Å². The summed E-state index contributed by atoms with van der Waals surface area (Å²) < 4.78 is 1.05. The van der Waals surface area contributed by atoms with E-state index in [0.717, 1.165) is 20.1 Å². The van der Waals surface area contributed by atoms with Crippen LogP contribution in [0.2, 0.25) is 0 Å². The number of thiazole rings is 1. The lowest BCUT2D eigenvalue weighted by Crippen LogP contribution is -2.28. The van der Waals surface area contributed by atoms with Gasteiger partial charge in [-0.1, -0.05) is 22.0 Å². The van der Waals surface area contributed by atoms with Crippen LogP contribution in [-0.2, 0) is 16.0 Å². The minimum atomic E-state index is -0.935. The Hall–Kier alpha value is -0.850. The van der Waals surface area contributed by atoms with E-state index in [4.69, 9.17) is 0 Å². The van der Waals surface area contributed by atoms with Crippen LogP contribution in [0.25, 0.3) is 0 Å². The molecule has 1 aromatic carbocycles. The minimum Gasteiger partial charge on any atom is -0.481 e. The fourth-order valence-corrected chi connectivity index (χ4v) is 3.96. The lowest BCUT2D eigenvalue weighted by Gasteiger charge is -2.15. The quantitative estimate of drug-likeness (QED) is 0.782. The molecule has 0 amide bonds. The summed E-state index contributed by atoms with van der Waals surface area (Å²) in [6.07, 6.45) is 0. The lowest BCUT2D eigenvalue weighted by atomic mass is 9.90. The molecule has 0 fully saturated rings. The number of halogens is 1. The fraction of sp³-hybridized carbons (Fsp3) is 0.286. The fourth-order valence-electron chi connectivity index (χ4n) is 1.48. The van der Waals surface area contributed by atoms with Crippen LogP contribution >= 0.6 is 39.0 Å². The third-order valence-corrected chi connectivity index (χ3v) is 5.41. The van der Waals surface area contributed by atoms with E-state index in [0.29, 0.717) is 5.69 Å². The average Bonchev–Trinajstić information content (AvgIpc) is 2.85. The van der Waals surface area contributed by atoms with Gasteiger partial charge in [0.15, 0.2) is 0 Å². The van der Waals surface area contributed by atoms with Crippen LogP contribution in [0.5, 0.6) is 0 Å². The number of thioether (sulfide) groups is 1. The Morgan fingerprint density at radius 1 is 1.50 bits per heavy atom. The second kappa shape index (κ2) is 6.28. The summed E-state index contributed by atoms with van der Waals surface area (Å²) in [5, 5.41) is 12.0. The van der Waals surface area contributed by atoms with Crippen LogP contribution in [0.1, 0.15) is 24.5 Å². The molecule has 0 unspecified atom stereocenters. The Balaban J connectivity index is 2.05. The first-order valence-corrected chi connectivity index (χ1v) is 8.62. The van der Waals surface area contributed by atoms with Gasteiger partial charge in [0.25, 0.3) is 0 Å². The van der Waals surface area contributed by atoms with Crippen molar-refractivity contribution in [1.82, 2.24) is 4.98 Å². The minimum absolute atomic E-state index is 0.625. The first-order chi connectivity index (χ1) is 9.39. The number of benzene rings is 1. The maximum atomic E-state index is 11.2. The molecule has 0 aliphatic heterocycles. The molecule has 0 radical (unpaired) electrons. The highest BCUT2D eigenvalue weighted by molar-refractivity contribution is 9.10. The first-order valence-electron chi connectivity index (χ1n) is 5.96. The Morgan fingerprint density at radius 2 is 2.25 bits per heavy atom. The van der Waals surface area contributed by atoms with E-state index in [9.17, 15) is 9.90 Å². The lowest BCUT2D eigenvalue weighted by molar-refractivity contribution is -0.142. The number of carboxylic acids is 1. The van der Waals surface area contributed by atoms with Crippen molar-refractivity contribution >= 4 is 45.0 Å². The molecule has 0 spiro atoms. The molecule has 0 bridgehead atoms. The molecule has 106 valence electrons. The molecule has 0 aliphatic carbocycles. The monoisotopic (exact) mass is 371 g/mol. The van der Waals surface area contributed by atoms with Gasteiger partial charge in [-0.2, -0.15) is 0 Å². The van der Waals surface area contributed by atoms with Gasteiger partial charge in [-0.05, 0) is 32.0 Å². The van der Waals surface area contributed by atoms with Crippen LogP contribution < -0.4 is 0 Å². The van der Waals surface area contributed by atoms with Gasteiger partial charge in [0.05, 0.1) is 11.4 Å². The number of aliphatic carboxylic acids is 1. The molecule has 0 aliphatic rings. The van der Waals surface area contributed by atoms with Crippen molar-refractivity contribution in [2.24, 2.45) is 0 Å². The third kappa shape index (κ3) is 3.62. The van der Waals surface area contributed by atoms with Crippen LogP contribution in [0, 0.1) is 0 Å². The van der Waals surface area contributed by atoms with E-state index in [-0.39, 0.29) is 0 Å². The average molecular weight is 372 g/mol. The number of carbonyl (C=O) groups is 1. The van der Waals surface area contributed by atoms with Crippen molar-refractivity contribution in [2.75, 3.05) is 0 Å². The predicted molar refractivity (Wildman–Crippen MR) is 86.5 cm³/mol. The number of carboxylic acid groups (broad SMARTS) is 1. The summed E-state index contributed by atoms with van der Waals surface area (Å²) in [6.45, 7) is 3.35. The van der Waals surface area contributed by atoms with Crippen molar-refractivity contribution in [3.05, 3.63) is 44.8 Å². The molecule has 0 saturated heterocycles. The van der Waals surface area contributed by atoms with Crippen LogP contribution in [0.15, 0.2) is 39.0 Å². The van der Waals surface area contributed by atoms with Gasteiger partial charge in [0.2, 0.25) is 0 Å². The SMILES string of the molecule is CC(C)(C(=O)O)c1csc(CSc2cccc(Br)c2)n1. The largest absolute Gasteiger partial charge is 0.481 e. The molecule has 1 aromatic heterocycles. The van der Waals surface area contributed by atoms with E-state index in [1.165, 1.54) is 11.3 Å². The molecule has 2 rings (SSSR count). The zero-order valence-electron chi connectivity index (χ0n) is 11.1. The summed E-state index contributed by atoms with van der Waals surface area (Å²) >= 11 is 6.64. The number of nitrogens with zero attached hydrogens (tertiary/aromatic N) is 1. The first kappa shape index (κ1) is 15.5.